The summed E-state index contributed by atoms with van der Waals surface area (Å²) in [4.78, 5) is 35.6. The highest BCUT2D eigenvalue weighted by atomic mass is 32.1. The predicted octanol–water partition coefficient (Wildman–Crippen LogP) is 4.24. The average Bonchev–Trinajstić information content (AvgIpc) is 3.36. The molecule has 2 aromatic rings. The van der Waals surface area contributed by atoms with E-state index in [9.17, 15) is 14.7 Å². The molecule has 1 N–H and O–H groups in total. The molecule has 1 amide bonds. The highest BCUT2D eigenvalue weighted by Gasteiger charge is 2.44. The minimum absolute atomic E-state index is 0.116. The third-order valence-corrected chi connectivity index (χ3v) is 7.70. The average molecular weight is 514 g/mol. The van der Waals surface area contributed by atoms with Gasteiger partial charge in [0.05, 0.1) is 47.0 Å². The van der Waals surface area contributed by atoms with Gasteiger partial charge in [-0.25, -0.2) is 4.98 Å². The van der Waals surface area contributed by atoms with Gasteiger partial charge < -0.3 is 19.5 Å². The Bertz CT molecular complexity index is 1110. The Labute approximate surface area is 216 Å². The van der Waals surface area contributed by atoms with Gasteiger partial charge >= 0.3 is 0 Å². The van der Waals surface area contributed by atoms with Gasteiger partial charge in [-0.3, -0.25) is 14.5 Å². The second kappa shape index (κ2) is 12.0. The van der Waals surface area contributed by atoms with Gasteiger partial charge in [-0.05, 0) is 38.0 Å². The van der Waals surface area contributed by atoms with Gasteiger partial charge in [-0.15, -0.1) is 11.3 Å². The molecular weight excluding hydrogens is 478 g/mol. The summed E-state index contributed by atoms with van der Waals surface area (Å²) in [5.74, 6) is -0.593. The van der Waals surface area contributed by atoms with Gasteiger partial charge in [-0.1, -0.05) is 31.9 Å². The Morgan fingerprint density at radius 3 is 2.53 bits per heavy atom. The summed E-state index contributed by atoms with van der Waals surface area (Å²) in [5.41, 5.74) is 1.49. The second-order valence-corrected chi connectivity index (χ2v) is 10.4. The van der Waals surface area contributed by atoms with Crippen LogP contribution in [-0.4, -0.2) is 77.6 Å². The number of unbranched alkanes of at least 4 members (excludes halogenated alkanes) is 2. The number of ether oxygens (including phenoxy) is 2. The minimum Gasteiger partial charge on any atom is -0.503 e. The molecule has 36 heavy (non-hydrogen) atoms. The van der Waals surface area contributed by atoms with E-state index in [2.05, 4.69) is 16.8 Å². The number of thiazole rings is 1. The molecule has 0 radical (unpaired) electrons. The third kappa shape index (κ3) is 5.79. The van der Waals surface area contributed by atoms with Crippen LogP contribution in [0.2, 0.25) is 0 Å². The number of morpholine rings is 1. The topological polar surface area (TPSA) is 92.2 Å². The van der Waals surface area contributed by atoms with Crippen molar-refractivity contribution in [2.45, 2.75) is 46.1 Å². The van der Waals surface area contributed by atoms with Gasteiger partial charge in [0.1, 0.15) is 5.75 Å². The number of nitrogens with zero attached hydrogens (tertiary/aromatic N) is 3. The van der Waals surface area contributed by atoms with Crippen LogP contribution >= 0.6 is 11.3 Å². The van der Waals surface area contributed by atoms with E-state index in [4.69, 9.17) is 9.47 Å². The van der Waals surface area contributed by atoms with E-state index in [-0.39, 0.29) is 11.4 Å². The molecule has 8 nitrogen and oxygen atoms in total. The van der Waals surface area contributed by atoms with Gasteiger partial charge in [0.15, 0.2) is 5.76 Å². The number of ketones is 1. The number of aliphatic hydroxyl groups is 1. The lowest BCUT2D eigenvalue weighted by Crippen LogP contribution is -2.43. The molecule has 2 aliphatic heterocycles. The van der Waals surface area contributed by atoms with Crippen LogP contribution in [0.1, 0.15) is 58.2 Å². The monoisotopic (exact) mass is 513 g/mol. The zero-order valence-corrected chi connectivity index (χ0v) is 22.1. The summed E-state index contributed by atoms with van der Waals surface area (Å²) in [6, 6.07) is 6.82. The van der Waals surface area contributed by atoms with E-state index < -0.39 is 17.7 Å². The van der Waals surface area contributed by atoms with Crippen LogP contribution in [0.5, 0.6) is 5.75 Å². The summed E-state index contributed by atoms with van der Waals surface area (Å²) in [6.07, 6.45) is 3.24. The van der Waals surface area contributed by atoms with Crippen LogP contribution in [0.4, 0.5) is 0 Å². The normalized spacial score (nSPS) is 18.8. The standard InChI is InChI=1S/C27H35N3O5S/c1-4-5-6-15-35-21-9-7-20(8-10-21)23-22(24(31)26-18(2)28-19(3)36-26)25(32)27(33)30(23)12-11-29-13-16-34-17-14-29/h7-10,23,32H,4-6,11-17H2,1-3H3. The highest BCUT2D eigenvalue weighted by molar-refractivity contribution is 7.14. The lowest BCUT2D eigenvalue weighted by Gasteiger charge is -2.31. The van der Waals surface area contributed by atoms with Crippen molar-refractivity contribution in [3.63, 3.8) is 0 Å². The van der Waals surface area contributed by atoms with Crippen LogP contribution in [0.25, 0.3) is 0 Å². The maximum atomic E-state index is 13.7. The number of benzene rings is 1. The Morgan fingerprint density at radius 1 is 1.17 bits per heavy atom. The zero-order chi connectivity index (χ0) is 25.7. The van der Waals surface area contributed by atoms with Gasteiger partial charge in [0.25, 0.3) is 5.91 Å². The van der Waals surface area contributed by atoms with Gasteiger partial charge in [0.2, 0.25) is 5.78 Å². The number of hydrogen-bond donors (Lipinski definition) is 1. The molecule has 1 aromatic heterocycles. The fraction of sp³-hybridized carbons (Fsp3) is 0.519. The van der Waals surface area contributed by atoms with E-state index in [1.165, 1.54) is 11.3 Å². The molecule has 3 heterocycles. The molecule has 1 saturated heterocycles. The molecule has 1 unspecified atom stereocenters. The van der Waals surface area contributed by atoms with E-state index >= 15 is 0 Å². The highest BCUT2D eigenvalue weighted by Crippen LogP contribution is 2.40. The number of hydrogen-bond acceptors (Lipinski definition) is 8. The second-order valence-electron chi connectivity index (χ2n) is 9.22. The van der Waals surface area contributed by atoms with Gasteiger partial charge in [0, 0.05) is 26.2 Å². The fourth-order valence-electron chi connectivity index (χ4n) is 4.69. The SMILES string of the molecule is CCCCCOc1ccc(C2C(C(=O)c3sc(C)nc3C)=C(O)C(=O)N2CCN2CCOCC2)cc1. The third-order valence-electron chi connectivity index (χ3n) is 6.63. The quantitative estimate of drug-likeness (QED) is 0.355. The van der Waals surface area contributed by atoms with Crippen molar-refractivity contribution in [1.82, 2.24) is 14.8 Å². The van der Waals surface area contributed by atoms with Crippen molar-refractivity contribution < 1.29 is 24.2 Å². The molecule has 1 fully saturated rings. The maximum Gasteiger partial charge on any atom is 0.290 e. The Morgan fingerprint density at radius 2 is 1.89 bits per heavy atom. The van der Waals surface area contributed by atoms with E-state index in [1.54, 1.807) is 11.8 Å². The Balaban J connectivity index is 1.61. The predicted molar refractivity (Wildman–Crippen MR) is 139 cm³/mol. The number of aryl methyl sites for hydroxylation is 2. The molecular formula is C27H35N3O5S. The lowest BCUT2D eigenvalue weighted by atomic mass is 9.95. The maximum absolute atomic E-state index is 13.7. The van der Waals surface area contributed by atoms with Crippen molar-refractivity contribution >= 4 is 23.0 Å². The van der Waals surface area contributed by atoms with E-state index in [0.717, 1.165) is 48.7 Å². The van der Waals surface area contributed by atoms with E-state index in [1.807, 2.05) is 31.2 Å². The number of carbonyl (C=O) groups is 2. The van der Waals surface area contributed by atoms with Crippen LogP contribution in [0.3, 0.4) is 0 Å². The first-order valence-corrected chi connectivity index (χ1v) is 13.5. The number of rotatable bonds is 11. The van der Waals surface area contributed by atoms with Crippen molar-refractivity contribution in [3.8, 4) is 5.75 Å². The van der Waals surface area contributed by atoms with Crippen molar-refractivity contribution in [2.24, 2.45) is 0 Å². The van der Waals surface area contributed by atoms with Crippen molar-refractivity contribution in [1.29, 1.82) is 0 Å². The summed E-state index contributed by atoms with van der Waals surface area (Å²) in [5, 5.41) is 11.7. The molecule has 0 spiro atoms. The molecule has 0 bridgehead atoms. The number of aliphatic hydroxyl groups excluding tert-OH is 1. The molecule has 0 aliphatic carbocycles. The molecule has 9 heteroatoms. The summed E-state index contributed by atoms with van der Waals surface area (Å²) >= 11 is 1.28. The fourth-order valence-corrected chi connectivity index (χ4v) is 5.56. The van der Waals surface area contributed by atoms with Crippen molar-refractivity contribution in [2.75, 3.05) is 46.0 Å². The minimum atomic E-state index is -0.679. The first-order chi connectivity index (χ1) is 17.4. The molecule has 194 valence electrons. The van der Waals surface area contributed by atoms with E-state index in [0.29, 0.717) is 43.5 Å². The van der Waals surface area contributed by atoms with Crippen LogP contribution < -0.4 is 4.74 Å². The first kappa shape index (κ1) is 26.3. The largest absolute Gasteiger partial charge is 0.503 e. The summed E-state index contributed by atoms with van der Waals surface area (Å²) < 4.78 is 11.3. The molecule has 1 atom stereocenters. The molecule has 1 aromatic carbocycles. The Hall–Kier alpha value is -2.75. The molecule has 4 rings (SSSR count). The van der Waals surface area contributed by atoms with Crippen LogP contribution in [0.15, 0.2) is 35.6 Å². The van der Waals surface area contributed by atoms with Crippen molar-refractivity contribution in [3.05, 3.63) is 56.7 Å². The molecule has 0 saturated carbocycles. The zero-order valence-electron chi connectivity index (χ0n) is 21.3. The lowest BCUT2D eigenvalue weighted by molar-refractivity contribution is -0.129. The number of amides is 1. The number of aromatic nitrogens is 1. The molecule has 2 aliphatic rings. The first-order valence-electron chi connectivity index (χ1n) is 12.7. The number of Topliss-reactive ketones (excluding diaryl/α,β-unsaturated/α-hetero) is 1. The van der Waals surface area contributed by atoms with Crippen LogP contribution in [-0.2, 0) is 9.53 Å². The Kier molecular flexibility index (Phi) is 8.77. The summed E-state index contributed by atoms with van der Waals surface area (Å²) in [7, 11) is 0. The van der Waals surface area contributed by atoms with Gasteiger partial charge in [-0.2, -0.15) is 0 Å². The smallest absolute Gasteiger partial charge is 0.290 e. The number of carbonyl (C=O) groups excluding carboxylic acids is 2. The summed E-state index contributed by atoms with van der Waals surface area (Å²) in [6.45, 7) is 10.4. The van der Waals surface area contributed by atoms with Crippen LogP contribution in [0, 0.1) is 13.8 Å².